The number of hydrogen-bond acceptors (Lipinski definition) is 14. The number of aryl methyl sites for hydroxylation is 4. The molecular formula is C64H36N8S6. The predicted octanol–water partition coefficient (Wildman–Crippen LogP) is 17.3. The lowest BCUT2D eigenvalue weighted by Crippen LogP contribution is -2.28. The smallest absolute Gasteiger partial charge is 0.130 e. The average molecular weight is 1110 g/mol. The minimum atomic E-state index is -0.718. The SMILES string of the molecule is Cc1ccc(C2(c3ccc(C)cc3)c3cc(-c4ccc(C=C(C#N)C#N)c5nsnc45)sc3-c3sc4c5c(sc4c32)-c2sc(-c3ccc(C=C(C#N)C#N)c4nsnc34)cc2C5(c2ccc(C)cc2)c2ccc(C)cc2)cc1. The Kier molecular flexibility index (Phi) is 11.1. The van der Waals surface area contributed by atoms with E-state index in [9.17, 15) is 21.0 Å². The van der Waals surface area contributed by atoms with E-state index in [4.69, 9.17) is 17.5 Å². The summed E-state index contributed by atoms with van der Waals surface area (Å²) in [5, 5.41) is 38.7. The molecule has 12 aromatic rings. The van der Waals surface area contributed by atoms with Crippen LogP contribution in [0.15, 0.2) is 145 Å². The summed E-state index contributed by atoms with van der Waals surface area (Å²) < 4.78 is 21.7. The fourth-order valence-electron chi connectivity index (χ4n) is 11.8. The maximum absolute atomic E-state index is 9.67. The van der Waals surface area contributed by atoms with Gasteiger partial charge in [0, 0.05) is 43.1 Å². The Morgan fingerprint density at radius 3 is 1.04 bits per heavy atom. The lowest BCUT2D eigenvalue weighted by molar-refractivity contribution is 0.776. The quantitative estimate of drug-likeness (QED) is 0.137. The molecule has 0 aliphatic heterocycles. The van der Waals surface area contributed by atoms with Crippen LogP contribution in [-0.2, 0) is 10.8 Å². The number of benzene rings is 6. The Morgan fingerprint density at radius 2 is 0.718 bits per heavy atom. The van der Waals surface area contributed by atoms with Crippen LogP contribution in [0.1, 0.15) is 77.9 Å². The number of aromatic nitrogens is 4. The highest BCUT2D eigenvalue weighted by Crippen LogP contribution is 2.70. The number of nitriles is 4. The lowest BCUT2D eigenvalue weighted by atomic mass is 9.67. The summed E-state index contributed by atoms with van der Waals surface area (Å²) >= 11 is 9.69. The molecule has 0 unspecified atom stereocenters. The van der Waals surface area contributed by atoms with Gasteiger partial charge in [-0.05, 0) is 85.4 Å². The van der Waals surface area contributed by atoms with Crippen LogP contribution in [0.25, 0.3) is 84.0 Å². The molecule has 6 aromatic carbocycles. The highest BCUT2D eigenvalue weighted by Gasteiger charge is 2.55. The van der Waals surface area contributed by atoms with Gasteiger partial charge in [-0.25, -0.2) is 0 Å². The lowest BCUT2D eigenvalue weighted by Gasteiger charge is -2.34. The zero-order valence-electron chi connectivity index (χ0n) is 41.9. The van der Waals surface area contributed by atoms with Crippen molar-refractivity contribution in [3.63, 3.8) is 0 Å². The summed E-state index contributed by atoms with van der Waals surface area (Å²) in [5.41, 5.74) is 19.2. The summed E-state index contributed by atoms with van der Waals surface area (Å²) in [7, 11) is 0. The van der Waals surface area contributed by atoms with E-state index < -0.39 is 10.8 Å². The van der Waals surface area contributed by atoms with E-state index in [1.165, 1.54) is 95.7 Å². The molecule has 2 aliphatic rings. The van der Waals surface area contributed by atoms with E-state index in [0.717, 1.165) is 55.4 Å². The van der Waals surface area contributed by atoms with E-state index in [1.54, 1.807) is 34.8 Å². The summed E-state index contributed by atoms with van der Waals surface area (Å²) in [6.45, 7) is 8.59. The molecule has 368 valence electrons. The third-order valence-electron chi connectivity index (χ3n) is 15.4. The fourth-order valence-corrected chi connectivity index (χ4v) is 18.8. The Hall–Kier alpha value is -8.54. The molecular weight excluding hydrogens is 1070 g/mol. The van der Waals surface area contributed by atoms with Gasteiger partial charge in [-0.1, -0.05) is 144 Å². The van der Waals surface area contributed by atoms with Gasteiger partial charge in [-0.3, -0.25) is 0 Å². The summed E-state index contributed by atoms with van der Waals surface area (Å²) in [4.78, 5) is 7.10. The zero-order valence-corrected chi connectivity index (χ0v) is 46.8. The van der Waals surface area contributed by atoms with Gasteiger partial charge in [0.2, 0.25) is 0 Å². The van der Waals surface area contributed by atoms with Gasteiger partial charge in [0.15, 0.2) is 0 Å². The molecule has 0 fully saturated rings. The van der Waals surface area contributed by atoms with Crippen LogP contribution in [0.4, 0.5) is 0 Å². The van der Waals surface area contributed by atoms with Crippen LogP contribution in [0.2, 0.25) is 0 Å². The monoisotopic (exact) mass is 1110 g/mol. The number of hydrogen-bond donors (Lipinski definition) is 0. The van der Waals surface area contributed by atoms with Crippen molar-refractivity contribution in [3.05, 3.63) is 222 Å². The first-order valence-corrected chi connectivity index (χ1v) is 29.5. The van der Waals surface area contributed by atoms with Crippen molar-refractivity contribution in [2.45, 2.75) is 38.5 Å². The highest BCUT2D eigenvalue weighted by atomic mass is 32.1. The normalized spacial score (nSPS) is 13.3. The standard InChI is InChI=1S/C64H36N8S6/c1-33-5-15-41(16-6-33)63(42-17-7-34(2)8-18-42)47-27-49(45-23-13-39(25-37(29-65)30-66)53-55(45)71-77-69-53)73-57(47)59-51(63)61-62(75-59)52-60(76-61)58-48(64(52,43-19-9-35(3)10-20-43)44-21-11-36(4)12-22-44)28-50(74-58)46-24-14-40(26-38(31-67)32-68)54-56(46)72-78-70-54/h5-28H,1-4H3. The highest BCUT2D eigenvalue weighted by molar-refractivity contribution is 7.35. The summed E-state index contributed by atoms with van der Waals surface area (Å²) in [5.74, 6) is 0. The minimum Gasteiger partial charge on any atom is -0.192 e. The van der Waals surface area contributed by atoms with Crippen LogP contribution >= 0.6 is 68.8 Å². The van der Waals surface area contributed by atoms with Crippen molar-refractivity contribution in [2.24, 2.45) is 0 Å². The molecule has 0 atom stereocenters. The van der Waals surface area contributed by atoms with Crippen molar-refractivity contribution < 1.29 is 0 Å². The van der Waals surface area contributed by atoms with Gasteiger partial charge in [-0.2, -0.15) is 38.5 Å². The van der Waals surface area contributed by atoms with E-state index >= 15 is 0 Å². The second-order valence-corrected chi connectivity index (χ2v) is 25.0. The first kappa shape index (κ1) is 47.9. The van der Waals surface area contributed by atoms with Gasteiger partial charge in [0.05, 0.1) is 63.2 Å². The van der Waals surface area contributed by atoms with Gasteiger partial charge in [-0.15, -0.1) is 45.3 Å². The second kappa shape index (κ2) is 18.0. The number of nitrogens with zero attached hydrogens (tertiary/aromatic N) is 8. The third-order valence-corrected chi connectivity index (χ3v) is 21.7. The number of fused-ring (bicyclic) bond motifs is 11. The topological polar surface area (TPSA) is 147 Å². The molecule has 14 rings (SSSR count). The van der Waals surface area contributed by atoms with E-state index in [0.29, 0.717) is 22.2 Å². The van der Waals surface area contributed by atoms with Gasteiger partial charge in [0.25, 0.3) is 0 Å². The Labute approximate surface area is 473 Å². The van der Waals surface area contributed by atoms with Gasteiger partial charge >= 0.3 is 0 Å². The molecule has 6 aromatic heterocycles. The van der Waals surface area contributed by atoms with Crippen LogP contribution in [0.3, 0.4) is 0 Å². The Balaban J connectivity index is 1.08. The van der Waals surface area contributed by atoms with Crippen molar-refractivity contribution in [1.82, 2.24) is 17.5 Å². The number of rotatable bonds is 8. The van der Waals surface area contributed by atoms with Gasteiger partial charge < -0.3 is 0 Å². The predicted molar refractivity (Wildman–Crippen MR) is 320 cm³/mol. The largest absolute Gasteiger partial charge is 0.192 e. The van der Waals surface area contributed by atoms with Crippen LogP contribution in [0.5, 0.6) is 0 Å². The average Bonchev–Trinajstić information content (AvgIpc) is 4.25. The second-order valence-electron chi connectivity index (χ2n) is 19.8. The molecule has 8 nitrogen and oxygen atoms in total. The summed E-state index contributed by atoms with van der Waals surface area (Å²) in [6, 6.07) is 57.3. The number of thiophene rings is 4. The minimum absolute atomic E-state index is 0.0110. The molecule has 14 heteroatoms. The first-order chi connectivity index (χ1) is 38.1. The molecule has 0 spiro atoms. The van der Waals surface area contributed by atoms with Crippen LogP contribution in [0, 0.1) is 73.0 Å². The molecule has 78 heavy (non-hydrogen) atoms. The van der Waals surface area contributed by atoms with Crippen molar-refractivity contribution in [1.29, 1.82) is 21.0 Å². The van der Waals surface area contributed by atoms with Crippen LogP contribution < -0.4 is 0 Å². The summed E-state index contributed by atoms with van der Waals surface area (Å²) in [6.07, 6.45) is 3.19. The molecule has 0 radical (unpaired) electrons. The van der Waals surface area contributed by atoms with Crippen molar-refractivity contribution in [3.8, 4) is 64.7 Å². The van der Waals surface area contributed by atoms with Crippen LogP contribution in [-0.4, -0.2) is 17.5 Å². The molecule has 0 saturated heterocycles. The van der Waals surface area contributed by atoms with Crippen molar-refractivity contribution in [2.75, 3.05) is 0 Å². The molecule has 6 heterocycles. The first-order valence-electron chi connectivity index (χ1n) is 24.8. The third kappa shape index (κ3) is 6.79. The molecule has 0 saturated carbocycles. The maximum atomic E-state index is 9.67. The van der Waals surface area contributed by atoms with Crippen molar-refractivity contribution >= 4 is 112 Å². The van der Waals surface area contributed by atoms with Gasteiger partial charge in [0.1, 0.15) is 57.5 Å². The molecule has 0 amide bonds. The van der Waals surface area contributed by atoms with E-state index in [-0.39, 0.29) is 11.1 Å². The fraction of sp³-hybridized carbons (Fsp3) is 0.0938. The maximum Gasteiger partial charge on any atom is 0.130 e. The Morgan fingerprint density at radius 1 is 0.397 bits per heavy atom. The molecule has 2 aliphatic carbocycles. The molecule has 0 N–H and O–H groups in total. The van der Waals surface area contributed by atoms with E-state index in [2.05, 4.69) is 149 Å². The number of allylic oxidation sites excluding steroid dienone is 2. The molecule has 0 bridgehead atoms. The van der Waals surface area contributed by atoms with E-state index in [1.807, 2.05) is 59.1 Å². The zero-order chi connectivity index (χ0) is 53.2. The Bertz CT molecular complexity index is 4330.